The third-order valence-electron chi connectivity index (χ3n) is 4.29. The Morgan fingerprint density at radius 2 is 1.96 bits per heavy atom. The Balaban J connectivity index is 2.05. The van der Waals surface area contributed by atoms with Crippen molar-refractivity contribution in [1.82, 2.24) is 9.97 Å². The van der Waals surface area contributed by atoms with Gasteiger partial charge in [0, 0.05) is 29.4 Å². The van der Waals surface area contributed by atoms with Gasteiger partial charge in [-0.1, -0.05) is 6.07 Å². The van der Waals surface area contributed by atoms with Crippen LogP contribution in [0.2, 0.25) is 0 Å². The van der Waals surface area contributed by atoms with Crippen molar-refractivity contribution in [3.8, 4) is 0 Å². The van der Waals surface area contributed by atoms with Crippen LogP contribution in [0.4, 0.5) is 21.7 Å². The van der Waals surface area contributed by atoms with E-state index < -0.39 is 11.7 Å². The number of amides is 1. The van der Waals surface area contributed by atoms with Crippen molar-refractivity contribution in [3.05, 3.63) is 54.0 Å². The molecule has 1 amide bonds. The number of nitrogens with one attached hydrogen (secondary N) is 2. The number of aromatic nitrogens is 2. The molecule has 3 rings (SSSR count). The molecule has 140 valence electrons. The maximum atomic E-state index is 14.4. The van der Waals surface area contributed by atoms with Gasteiger partial charge in [-0.15, -0.1) is 0 Å². The summed E-state index contributed by atoms with van der Waals surface area (Å²) in [5, 5.41) is 6.83. The van der Waals surface area contributed by atoms with E-state index in [9.17, 15) is 9.18 Å². The Hall–Kier alpha value is -3.26. The van der Waals surface area contributed by atoms with Crippen molar-refractivity contribution in [2.45, 2.75) is 25.9 Å². The summed E-state index contributed by atoms with van der Waals surface area (Å²) in [7, 11) is 0. The van der Waals surface area contributed by atoms with Crippen LogP contribution < -0.4 is 22.1 Å². The number of nitrogens with zero attached hydrogens (tertiary/aromatic N) is 2. The lowest BCUT2D eigenvalue weighted by Crippen LogP contribution is -2.35. The van der Waals surface area contributed by atoms with E-state index in [1.54, 1.807) is 19.2 Å². The zero-order valence-electron chi connectivity index (χ0n) is 15.0. The number of hydrogen-bond donors (Lipinski definition) is 4. The fourth-order valence-electron chi connectivity index (χ4n) is 2.56. The van der Waals surface area contributed by atoms with Gasteiger partial charge in [0.25, 0.3) is 5.91 Å². The van der Waals surface area contributed by atoms with E-state index in [0.717, 1.165) is 17.0 Å². The number of fused-ring (bicyclic) bond motifs is 1. The second-order valence-corrected chi connectivity index (χ2v) is 6.37. The Morgan fingerprint density at radius 1 is 1.19 bits per heavy atom. The first-order valence-electron chi connectivity index (χ1n) is 8.50. The Bertz CT molecular complexity index is 986. The number of halogens is 1. The second-order valence-electron chi connectivity index (χ2n) is 6.37. The van der Waals surface area contributed by atoms with Crippen molar-refractivity contribution in [1.29, 1.82) is 0 Å². The maximum absolute atomic E-state index is 14.4. The Labute approximate surface area is 156 Å². The normalized spacial score (nSPS) is 13.2. The summed E-state index contributed by atoms with van der Waals surface area (Å²) in [6, 6.07) is 9.82. The van der Waals surface area contributed by atoms with E-state index in [0.29, 0.717) is 5.69 Å². The van der Waals surface area contributed by atoms with Gasteiger partial charge in [0.05, 0.1) is 11.1 Å². The molecule has 2 unspecified atom stereocenters. The summed E-state index contributed by atoms with van der Waals surface area (Å²) in [5.74, 6) is -1.32. The third-order valence-corrected chi connectivity index (χ3v) is 4.29. The van der Waals surface area contributed by atoms with Crippen LogP contribution in [0.5, 0.6) is 0 Å². The number of pyridine rings is 2. The van der Waals surface area contributed by atoms with Gasteiger partial charge in [-0.3, -0.25) is 9.78 Å². The number of primary amides is 1. The SMILES string of the molecule is CC(N)C(C)Nc1nc(Nc2cccc3ncccc23)c(C(N)=O)cc1F. The predicted octanol–water partition coefficient (Wildman–Crippen LogP) is 2.76. The van der Waals surface area contributed by atoms with Crippen molar-refractivity contribution in [2.75, 3.05) is 10.6 Å². The molecule has 0 aliphatic heterocycles. The summed E-state index contributed by atoms with van der Waals surface area (Å²) in [4.78, 5) is 20.3. The molecule has 0 aliphatic rings. The zero-order chi connectivity index (χ0) is 19.6. The topological polar surface area (TPSA) is 119 Å². The van der Waals surface area contributed by atoms with Gasteiger partial charge in [-0.05, 0) is 44.2 Å². The molecule has 2 heterocycles. The number of carbonyl (C=O) groups is 1. The van der Waals surface area contributed by atoms with Gasteiger partial charge in [-0.2, -0.15) is 0 Å². The highest BCUT2D eigenvalue weighted by Crippen LogP contribution is 2.28. The van der Waals surface area contributed by atoms with Gasteiger partial charge in [0.2, 0.25) is 0 Å². The molecule has 2 atom stereocenters. The van der Waals surface area contributed by atoms with E-state index in [1.807, 2.05) is 31.2 Å². The first-order valence-corrected chi connectivity index (χ1v) is 8.50. The molecule has 3 aromatic rings. The first kappa shape index (κ1) is 18.5. The molecule has 0 saturated heterocycles. The highest BCUT2D eigenvalue weighted by atomic mass is 19.1. The average Bonchev–Trinajstić information content (AvgIpc) is 2.64. The van der Waals surface area contributed by atoms with Crippen LogP contribution in [-0.2, 0) is 0 Å². The quantitative estimate of drug-likeness (QED) is 0.531. The molecule has 8 heteroatoms. The van der Waals surface area contributed by atoms with Crippen LogP contribution in [0.25, 0.3) is 10.9 Å². The summed E-state index contributed by atoms with van der Waals surface area (Å²) < 4.78 is 14.4. The molecule has 0 saturated carbocycles. The van der Waals surface area contributed by atoms with E-state index in [-0.39, 0.29) is 29.3 Å². The lowest BCUT2D eigenvalue weighted by molar-refractivity contribution is 0.100. The number of nitrogens with two attached hydrogens (primary N) is 2. The first-order chi connectivity index (χ1) is 12.9. The minimum atomic E-state index is -0.783. The van der Waals surface area contributed by atoms with Crippen molar-refractivity contribution >= 4 is 34.1 Å². The molecule has 1 aromatic carbocycles. The van der Waals surface area contributed by atoms with Gasteiger partial charge >= 0.3 is 0 Å². The number of carbonyl (C=O) groups excluding carboxylic acids is 1. The van der Waals surface area contributed by atoms with E-state index >= 15 is 0 Å². The Morgan fingerprint density at radius 3 is 2.67 bits per heavy atom. The molecule has 0 aliphatic carbocycles. The number of rotatable bonds is 6. The van der Waals surface area contributed by atoms with E-state index in [1.165, 1.54) is 0 Å². The molecular weight excluding hydrogens is 347 g/mol. The molecule has 6 N–H and O–H groups in total. The third kappa shape index (κ3) is 3.95. The molecule has 27 heavy (non-hydrogen) atoms. The summed E-state index contributed by atoms with van der Waals surface area (Å²) in [5.41, 5.74) is 12.6. The van der Waals surface area contributed by atoms with Crippen LogP contribution in [0.3, 0.4) is 0 Å². The lowest BCUT2D eigenvalue weighted by atomic mass is 10.1. The predicted molar refractivity (Wildman–Crippen MR) is 104 cm³/mol. The molecule has 0 bridgehead atoms. The fourth-order valence-corrected chi connectivity index (χ4v) is 2.56. The number of benzene rings is 1. The van der Waals surface area contributed by atoms with Gasteiger partial charge in [-0.25, -0.2) is 9.37 Å². The van der Waals surface area contributed by atoms with Crippen LogP contribution in [0, 0.1) is 5.82 Å². The summed E-state index contributed by atoms with van der Waals surface area (Å²) in [6.07, 6.45) is 1.69. The lowest BCUT2D eigenvalue weighted by Gasteiger charge is -2.20. The smallest absolute Gasteiger partial charge is 0.252 e. The number of anilines is 3. The molecular formula is C19H21FN6O. The monoisotopic (exact) mass is 368 g/mol. The average molecular weight is 368 g/mol. The van der Waals surface area contributed by atoms with E-state index in [2.05, 4.69) is 20.6 Å². The van der Waals surface area contributed by atoms with Crippen LogP contribution in [0.1, 0.15) is 24.2 Å². The summed E-state index contributed by atoms with van der Waals surface area (Å²) in [6.45, 7) is 3.62. The van der Waals surface area contributed by atoms with Crippen molar-refractivity contribution in [2.24, 2.45) is 11.5 Å². The van der Waals surface area contributed by atoms with Crippen LogP contribution in [-0.4, -0.2) is 28.0 Å². The maximum Gasteiger partial charge on any atom is 0.252 e. The zero-order valence-corrected chi connectivity index (χ0v) is 15.0. The van der Waals surface area contributed by atoms with Crippen LogP contribution in [0.15, 0.2) is 42.6 Å². The molecule has 0 spiro atoms. The Kier molecular flexibility index (Phi) is 5.18. The minimum Gasteiger partial charge on any atom is -0.365 e. The minimum absolute atomic E-state index is 0.00865. The number of hydrogen-bond acceptors (Lipinski definition) is 6. The standard InChI is InChI=1S/C19H21FN6O/c1-10(21)11(2)24-19-14(20)9-13(17(22)27)18(26-19)25-16-7-3-6-15-12(16)5-4-8-23-15/h3-11H,21H2,1-2H3,(H2,22,27)(H2,24,25,26). The van der Waals surface area contributed by atoms with Gasteiger partial charge < -0.3 is 22.1 Å². The highest BCUT2D eigenvalue weighted by molar-refractivity contribution is 6.00. The van der Waals surface area contributed by atoms with Gasteiger partial charge in [0.1, 0.15) is 5.82 Å². The van der Waals surface area contributed by atoms with Crippen LogP contribution >= 0.6 is 0 Å². The molecule has 0 radical (unpaired) electrons. The van der Waals surface area contributed by atoms with Gasteiger partial charge in [0.15, 0.2) is 11.6 Å². The summed E-state index contributed by atoms with van der Waals surface area (Å²) >= 11 is 0. The van der Waals surface area contributed by atoms with E-state index in [4.69, 9.17) is 11.5 Å². The molecule has 2 aromatic heterocycles. The fraction of sp³-hybridized carbons (Fsp3) is 0.211. The highest BCUT2D eigenvalue weighted by Gasteiger charge is 2.18. The van der Waals surface area contributed by atoms with Crippen molar-refractivity contribution in [3.63, 3.8) is 0 Å². The molecule has 0 fully saturated rings. The largest absolute Gasteiger partial charge is 0.365 e. The second kappa shape index (κ2) is 7.55. The van der Waals surface area contributed by atoms with Crippen molar-refractivity contribution < 1.29 is 9.18 Å². The molecule has 7 nitrogen and oxygen atoms in total.